The molecule has 3 aromatic rings. The molecular weight excluding hydrogens is 226 g/mol. The van der Waals surface area contributed by atoms with Crippen molar-refractivity contribution in [2.45, 2.75) is 0 Å². The van der Waals surface area contributed by atoms with Crippen molar-refractivity contribution in [1.82, 2.24) is 20.2 Å². The van der Waals surface area contributed by atoms with E-state index in [-0.39, 0.29) is 17.5 Å². The lowest BCUT2D eigenvalue weighted by Gasteiger charge is -1.93. The summed E-state index contributed by atoms with van der Waals surface area (Å²) in [6.07, 6.45) is 3.15. The summed E-state index contributed by atoms with van der Waals surface area (Å²) in [4.78, 5) is 18.0. The number of hydrogen-bond donors (Lipinski definition) is 1. The first-order valence-corrected chi connectivity index (χ1v) is 4.65. The normalized spacial score (nSPS) is 10.8. The van der Waals surface area contributed by atoms with Crippen molar-refractivity contribution in [2.75, 3.05) is 0 Å². The Morgan fingerprint density at radius 1 is 1.35 bits per heavy atom. The third kappa shape index (κ3) is 1.51. The summed E-state index contributed by atoms with van der Waals surface area (Å²) >= 11 is 0. The number of H-pyrrole nitrogens is 1. The fourth-order valence-corrected chi connectivity index (χ4v) is 1.40. The molecule has 0 fully saturated rings. The van der Waals surface area contributed by atoms with E-state index in [1.165, 1.54) is 12.1 Å². The van der Waals surface area contributed by atoms with Crippen LogP contribution < -0.4 is 0 Å². The predicted octanol–water partition coefficient (Wildman–Crippen LogP) is 1.52. The molecule has 3 aromatic heterocycles. The molecule has 0 saturated heterocycles. The Bertz CT molecular complexity index is 701. The van der Waals surface area contributed by atoms with E-state index in [1.807, 2.05) is 0 Å². The van der Waals surface area contributed by atoms with Crippen LogP contribution in [0.1, 0.15) is 0 Å². The molecule has 84 valence electrons. The van der Waals surface area contributed by atoms with Gasteiger partial charge >= 0.3 is 5.88 Å². The lowest BCUT2D eigenvalue weighted by atomic mass is 10.4. The highest BCUT2D eigenvalue weighted by atomic mass is 16.6. The van der Waals surface area contributed by atoms with Gasteiger partial charge in [-0.15, -0.1) is 0 Å². The number of rotatable bonds is 2. The van der Waals surface area contributed by atoms with Crippen molar-refractivity contribution in [3.05, 3.63) is 34.6 Å². The van der Waals surface area contributed by atoms with Crippen LogP contribution in [0.15, 0.2) is 28.9 Å². The minimum absolute atomic E-state index is 0.244. The average Bonchev–Trinajstić information content (AvgIpc) is 2.97. The molecule has 8 nitrogen and oxygen atoms in total. The van der Waals surface area contributed by atoms with E-state index in [0.717, 1.165) is 5.39 Å². The molecule has 0 spiro atoms. The highest BCUT2D eigenvalue weighted by Crippen LogP contribution is 2.23. The van der Waals surface area contributed by atoms with Gasteiger partial charge in [0.25, 0.3) is 0 Å². The fraction of sp³-hybridized carbons (Fsp3) is 0. The van der Waals surface area contributed by atoms with Crippen LogP contribution in [-0.2, 0) is 0 Å². The van der Waals surface area contributed by atoms with E-state index in [2.05, 4.69) is 20.2 Å². The van der Waals surface area contributed by atoms with Gasteiger partial charge in [-0.25, -0.2) is 9.97 Å². The molecule has 1 N–H and O–H groups in total. The van der Waals surface area contributed by atoms with Crippen LogP contribution in [-0.4, -0.2) is 25.1 Å². The maximum atomic E-state index is 10.5. The van der Waals surface area contributed by atoms with Gasteiger partial charge in [-0.05, 0) is 6.07 Å². The molecule has 0 aliphatic rings. The summed E-state index contributed by atoms with van der Waals surface area (Å²) in [5.41, 5.74) is 0.550. The van der Waals surface area contributed by atoms with Crippen molar-refractivity contribution in [3.63, 3.8) is 0 Å². The van der Waals surface area contributed by atoms with Crippen LogP contribution in [0, 0.1) is 10.1 Å². The van der Waals surface area contributed by atoms with Crippen molar-refractivity contribution in [1.29, 1.82) is 0 Å². The molecule has 0 amide bonds. The number of nitrogens with one attached hydrogen (secondary N) is 1. The number of nitrogens with zero attached hydrogens (tertiary/aromatic N) is 4. The first-order chi connectivity index (χ1) is 8.24. The van der Waals surface area contributed by atoms with Crippen LogP contribution in [0.25, 0.3) is 22.6 Å². The zero-order chi connectivity index (χ0) is 11.8. The van der Waals surface area contributed by atoms with Crippen LogP contribution in [0.4, 0.5) is 5.88 Å². The maximum Gasteiger partial charge on any atom is 0.433 e. The second-order valence-corrected chi connectivity index (χ2v) is 3.26. The predicted molar refractivity (Wildman–Crippen MR) is 56.0 cm³/mol. The molecule has 17 heavy (non-hydrogen) atoms. The minimum atomic E-state index is -0.613. The number of aromatic amines is 1. The molecule has 0 saturated carbocycles. The smallest absolute Gasteiger partial charge is 0.397 e. The van der Waals surface area contributed by atoms with Gasteiger partial charge in [0, 0.05) is 6.20 Å². The number of furan rings is 1. The first kappa shape index (κ1) is 9.46. The summed E-state index contributed by atoms with van der Waals surface area (Å²) in [7, 11) is 0. The topological polar surface area (TPSA) is 111 Å². The van der Waals surface area contributed by atoms with Crippen molar-refractivity contribution < 1.29 is 9.34 Å². The second kappa shape index (κ2) is 3.37. The van der Waals surface area contributed by atoms with E-state index in [0.29, 0.717) is 5.65 Å². The van der Waals surface area contributed by atoms with Crippen molar-refractivity contribution in [3.8, 4) is 11.6 Å². The van der Waals surface area contributed by atoms with E-state index < -0.39 is 4.92 Å². The molecule has 0 aliphatic heterocycles. The van der Waals surface area contributed by atoms with Gasteiger partial charge in [0.2, 0.25) is 0 Å². The zero-order valence-electron chi connectivity index (χ0n) is 8.32. The van der Waals surface area contributed by atoms with Gasteiger partial charge in [0.05, 0.1) is 17.6 Å². The summed E-state index contributed by atoms with van der Waals surface area (Å²) in [5.74, 6) is 0.177. The average molecular weight is 231 g/mol. The molecular formula is C9H5N5O3. The van der Waals surface area contributed by atoms with Crippen LogP contribution in [0.2, 0.25) is 0 Å². The largest absolute Gasteiger partial charge is 0.433 e. The Hall–Kier alpha value is -2.77. The Morgan fingerprint density at radius 3 is 3.00 bits per heavy atom. The molecule has 0 aromatic carbocycles. The third-order valence-electron chi connectivity index (χ3n) is 2.18. The Balaban J connectivity index is 2.09. The monoisotopic (exact) mass is 231 g/mol. The molecule has 0 atom stereocenters. The highest BCUT2D eigenvalue weighted by molar-refractivity contribution is 5.74. The standard InChI is InChI=1S/C9H5N5O3/c15-14(16)7-2-1-6(17-7)9-10-3-5-4-11-13-8(5)12-9/h1-4H,(H,10,11,12,13). The lowest BCUT2D eigenvalue weighted by Crippen LogP contribution is -1.87. The maximum absolute atomic E-state index is 10.5. The van der Waals surface area contributed by atoms with Crippen molar-refractivity contribution >= 4 is 16.9 Å². The summed E-state index contributed by atoms with van der Waals surface area (Å²) in [5, 5.41) is 17.7. The van der Waals surface area contributed by atoms with Gasteiger partial charge in [0.15, 0.2) is 17.2 Å². The third-order valence-corrected chi connectivity index (χ3v) is 2.18. The number of aromatic nitrogens is 4. The Morgan fingerprint density at radius 2 is 2.24 bits per heavy atom. The molecule has 0 radical (unpaired) electrons. The lowest BCUT2D eigenvalue weighted by molar-refractivity contribution is -0.401. The Kier molecular flexibility index (Phi) is 1.87. The van der Waals surface area contributed by atoms with E-state index in [1.54, 1.807) is 12.4 Å². The molecule has 3 heterocycles. The second-order valence-electron chi connectivity index (χ2n) is 3.26. The quantitative estimate of drug-likeness (QED) is 0.528. The minimum Gasteiger partial charge on any atom is -0.397 e. The number of nitro groups is 1. The first-order valence-electron chi connectivity index (χ1n) is 4.65. The van der Waals surface area contributed by atoms with Gasteiger partial charge < -0.3 is 4.42 Å². The molecule has 3 rings (SSSR count). The van der Waals surface area contributed by atoms with Gasteiger partial charge in [0.1, 0.15) is 4.92 Å². The SMILES string of the molecule is O=[N+]([O-])c1ccc(-c2ncc3cn[nH]c3n2)o1. The summed E-state index contributed by atoms with van der Waals surface area (Å²) in [6, 6.07) is 2.71. The fourth-order valence-electron chi connectivity index (χ4n) is 1.40. The van der Waals surface area contributed by atoms with Gasteiger partial charge in [-0.3, -0.25) is 15.2 Å². The molecule has 8 heteroatoms. The zero-order valence-corrected chi connectivity index (χ0v) is 8.32. The summed E-state index contributed by atoms with van der Waals surface area (Å²) < 4.78 is 5.00. The number of hydrogen-bond acceptors (Lipinski definition) is 6. The van der Waals surface area contributed by atoms with Crippen LogP contribution in [0.5, 0.6) is 0 Å². The Labute approximate surface area is 93.5 Å². The molecule has 0 aliphatic carbocycles. The number of fused-ring (bicyclic) bond motifs is 1. The van der Waals surface area contributed by atoms with E-state index >= 15 is 0 Å². The summed E-state index contributed by atoms with van der Waals surface area (Å²) in [6.45, 7) is 0. The van der Waals surface area contributed by atoms with Crippen molar-refractivity contribution in [2.24, 2.45) is 0 Å². The van der Waals surface area contributed by atoms with Crippen LogP contribution >= 0.6 is 0 Å². The van der Waals surface area contributed by atoms with E-state index in [4.69, 9.17) is 4.42 Å². The van der Waals surface area contributed by atoms with Gasteiger partial charge in [-0.2, -0.15) is 5.10 Å². The molecule has 0 bridgehead atoms. The van der Waals surface area contributed by atoms with E-state index in [9.17, 15) is 10.1 Å². The molecule has 0 unspecified atom stereocenters. The highest BCUT2D eigenvalue weighted by Gasteiger charge is 2.15. The van der Waals surface area contributed by atoms with Gasteiger partial charge in [-0.1, -0.05) is 0 Å². The van der Waals surface area contributed by atoms with Crippen LogP contribution in [0.3, 0.4) is 0 Å².